The third kappa shape index (κ3) is 1.94. The van der Waals surface area contributed by atoms with Crippen LogP contribution < -0.4 is 0 Å². The molecule has 3 saturated carbocycles. The Morgan fingerprint density at radius 2 is 1.78 bits per heavy atom. The van der Waals surface area contributed by atoms with Crippen molar-refractivity contribution < 1.29 is 19.7 Å². The molecule has 4 aliphatic rings. The second kappa shape index (κ2) is 4.72. The van der Waals surface area contributed by atoms with Crippen LogP contribution in [0.1, 0.15) is 59.3 Å². The number of esters is 1. The fourth-order valence-electron chi connectivity index (χ4n) is 6.89. The van der Waals surface area contributed by atoms with E-state index >= 15 is 0 Å². The number of aliphatic hydroxyl groups excluding tert-OH is 1. The van der Waals surface area contributed by atoms with Crippen LogP contribution in [-0.4, -0.2) is 34.5 Å². The molecule has 0 unspecified atom stereocenters. The predicted molar refractivity (Wildman–Crippen MR) is 85.5 cm³/mol. The quantitative estimate of drug-likeness (QED) is 0.673. The number of ether oxygens (including phenoxy) is 1. The summed E-state index contributed by atoms with van der Waals surface area (Å²) >= 11 is 0. The lowest BCUT2D eigenvalue weighted by Gasteiger charge is -2.61. The highest BCUT2D eigenvalue weighted by Crippen LogP contribution is 2.67. The van der Waals surface area contributed by atoms with Gasteiger partial charge in [0.25, 0.3) is 0 Å². The van der Waals surface area contributed by atoms with Crippen molar-refractivity contribution in [2.24, 2.45) is 34.5 Å². The third-order valence-corrected chi connectivity index (χ3v) is 8.60. The monoisotopic (exact) mass is 322 g/mol. The minimum Gasteiger partial charge on any atom is -0.465 e. The average Bonchev–Trinajstić information content (AvgIpc) is 2.72. The Kier molecular flexibility index (Phi) is 3.26. The molecule has 4 fully saturated rings. The topological polar surface area (TPSA) is 66.8 Å². The first kappa shape index (κ1) is 15.9. The summed E-state index contributed by atoms with van der Waals surface area (Å²) in [6.45, 7) is 6.93. The highest BCUT2D eigenvalue weighted by molar-refractivity contribution is 5.71. The first-order valence-electron chi connectivity index (χ1n) is 9.25. The van der Waals surface area contributed by atoms with Crippen molar-refractivity contribution in [1.29, 1.82) is 0 Å². The minimum absolute atomic E-state index is 0.0382. The van der Waals surface area contributed by atoms with Gasteiger partial charge >= 0.3 is 5.97 Å². The van der Waals surface area contributed by atoms with Crippen LogP contribution >= 0.6 is 0 Å². The van der Waals surface area contributed by atoms with E-state index in [1.807, 2.05) is 6.92 Å². The lowest BCUT2D eigenvalue weighted by atomic mass is 9.45. The van der Waals surface area contributed by atoms with Crippen LogP contribution in [0.15, 0.2) is 0 Å². The molecule has 130 valence electrons. The molecule has 1 saturated heterocycles. The summed E-state index contributed by atoms with van der Waals surface area (Å²) in [6.07, 6.45) is 4.76. The van der Waals surface area contributed by atoms with Gasteiger partial charge in [0.15, 0.2) is 0 Å². The number of fused-ring (bicyclic) bond motifs is 5. The summed E-state index contributed by atoms with van der Waals surface area (Å²) in [4.78, 5) is 11.7. The standard InChI is InChI=1S/C19H30O4/c1-17-10-23-16(21)9-14(17)15(20)8-11-12(17)4-6-18(2)13(11)5-7-19(18,3)22/h11-15,20,22H,4-10H2,1-3H3/t11-,12+,13+,14-,15+,17-,18+,19+/m1/s1. The SMILES string of the molecule is C[C@]12COC(=O)C[C@@H]1[C@@H](O)C[C@@H]1[C@@H]2CC[C@@]2(C)[C@H]1CC[C@]2(C)O. The molecule has 1 aliphatic heterocycles. The Morgan fingerprint density at radius 3 is 2.52 bits per heavy atom. The molecule has 0 radical (unpaired) electrons. The Hall–Kier alpha value is -0.610. The molecule has 4 heteroatoms. The molecule has 4 rings (SSSR count). The van der Waals surface area contributed by atoms with Crippen molar-refractivity contribution in [2.45, 2.75) is 71.0 Å². The van der Waals surface area contributed by atoms with Gasteiger partial charge in [-0.25, -0.2) is 0 Å². The van der Waals surface area contributed by atoms with Gasteiger partial charge in [-0.2, -0.15) is 0 Å². The third-order valence-electron chi connectivity index (χ3n) is 8.60. The van der Waals surface area contributed by atoms with Gasteiger partial charge in [0, 0.05) is 11.3 Å². The van der Waals surface area contributed by atoms with Crippen LogP contribution in [0.4, 0.5) is 0 Å². The molecule has 0 amide bonds. The molecular formula is C19H30O4. The zero-order valence-corrected chi connectivity index (χ0v) is 14.5. The van der Waals surface area contributed by atoms with Gasteiger partial charge in [0.1, 0.15) is 0 Å². The van der Waals surface area contributed by atoms with Crippen LogP contribution in [-0.2, 0) is 9.53 Å². The number of hydrogen-bond acceptors (Lipinski definition) is 4. The van der Waals surface area contributed by atoms with Gasteiger partial charge in [-0.05, 0) is 62.2 Å². The first-order valence-corrected chi connectivity index (χ1v) is 9.25. The number of cyclic esters (lactones) is 1. The molecule has 4 nitrogen and oxygen atoms in total. The zero-order valence-electron chi connectivity index (χ0n) is 14.5. The van der Waals surface area contributed by atoms with E-state index in [9.17, 15) is 15.0 Å². The molecule has 0 aromatic heterocycles. The van der Waals surface area contributed by atoms with E-state index in [0.717, 1.165) is 32.1 Å². The largest absolute Gasteiger partial charge is 0.465 e. The highest BCUT2D eigenvalue weighted by Gasteiger charge is 2.65. The van der Waals surface area contributed by atoms with Crippen LogP contribution in [0.5, 0.6) is 0 Å². The summed E-state index contributed by atoms with van der Waals surface area (Å²) in [6, 6.07) is 0. The van der Waals surface area contributed by atoms with Gasteiger partial charge in [-0.15, -0.1) is 0 Å². The van der Waals surface area contributed by atoms with Gasteiger partial charge in [-0.3, -0.25) is 4.79 Å². The second-order valence-corrected chi connectivity index (χ2v) is 9.43. The summed E-state index contributed by atoms with van der Waals surface area (Å²) < 4.78 is 5.43. The van der Waals surface area contributed by atoms with Crippen LogP contribution in [0, 0.1) is 34.5 Å². The zero-order chi connectivity index (χ0) is 16.6. The van der Waals surface area contributed by atoms with Crippen molar-refractivity contribution in [3.8, 4) is 0 Å². The highest BCUT2D eigenvalue weighted by atomic mass is 16.5. The van der Waals surface area contributed by atoms with Crippen molar-refractivity contribution in [2.75, 3.05) is 6.61 Å². The summed E-state index contributed by atoms with van der Waals surface area (Å²) in [5.74, 6) is 1.29. The maximum absolute atomic E-state index is 11.7. The number of rotatable bonds is 0. The fourth-order valence-corrected chi connectivity index (χ4v) is 6.89. The number of carbonyl (C=O) groups excluding carboxylic acids is 1. The molecule has 8 atom stereocenters. The molecule has 0 spiro atoms. The van der Waals surface area contributed by atoms with Crippen molar-refractivity contribution in [1.82, 2.24) is 0 Å². The number of carbonyl (C=O) groups is 1. The van der Waals surface area contributed by atoms with E-state index in [1.54, 1.807) is 0 Å². The Bertz CT molecular complexity index is 529. The Morgan fingerprint density at radius 1 is 1.09 bits per heavy atom. The second-order valence-electron chi connectivity index (χ2n) is 9.43. The van der Waals surface area contributed by atoms with E-state index in [4.69, 9.17) is 4.74 Å². The van der Waals surface area contributed by atoms with Gasteiger partial charge < -0.3 is 14.9 Å². The van der Waals surface area contributed by atoms with E-state index in [2.05, 4.69) is 13.8 Å². The van der Waals surface area contributed by atoms with E-state index in [1.165, 1.54) is 0 Å². The van der Waals surface area contributed by atoms with E-state index in [-0.39, 0.29) is 22.7 Å². The predicted octanol–water partition coefficient (Wildman–Crippen LogP) is 2.51. The molecule has 0 aromatic rings. The lowest BCUT2D eigenvalue weighted by molar-refractivity contribution is -0.206. The van der Waals surface area contributed by atoms with Crippen molar-refractivity contribution in [3.63, 3.8) is 0 Å². The van der Waals surface area contributed by atoms with Gasteiger partial charge in [0.05, 0.1) is 24.7 Å². The van der Waals surface area contributed by atoms with E-state index < -0.39 is 11.7 Å². The van der Waals surface area contributed by atoms with Gasteiger partial charge in [-0.1, -0.05) is 13.8 Å². The van der Waals surface area contributed by atoms with Crippen LogP contribution in [0.2, 0.25) is 0 Å². The molecule has 2 N–H and O–H groups in total. The maximum Gasteiger partial charge on any atom is 0.306 e. The Balaban J connectivity index is 1.69. The number of aliphatic hydroxyl groups is 2. The molecule has 1 heterocycles. The Labute approximate surface area is 138 Å². The van der Waals surface area contributed by atoms with Gasteiger partial charge in [0.2, 0.25) is 0 Å². The van der Waals surface area contributed by atoms with Crippen molar-refractivity contribution in [3.05, 3.63) is 0 Å². The molecular weight excluding hydrogens is 292 g/mol. The van der Waals surface area contributed by atoms with Crippen LogP contribution in [0.25, 0.3) is 0 Å². The van der Waals surface area contributed by atoms with Crippen molar-refractivity contribution >= 4 is 5.97 Å². The number of hydrogen-bond donors (Lipinski definition) is 2. The smallest absolute Gasteiger partial charge is 0.306 e. The molecule has 23 heavy (non-hydrogen) atoms. The summed E-state index contributed by atoms with van der Waals surface area (Å²) in [5, 5.41) is 21.7. The molecule has 0 bridgehead atoms. The lowest BCUT2D eigenvalue weighted by Crippen LogP contribution is -2.61. The van der Waals surface area contributed by atoms with Crippen LogP contribution in [0.3, 0.4) is 0 Å². The van der Waals surface area contributed by atoms with E-state index in [0.29, 0.717) is 30.8 Å². The molecule has 0 aromatic carbocycles. The normalized spacial score (nSPS) is 58.8. The minimum atomic E-state index is -0.593. The summed E-state index contributed by atoms with van der Waals surface area (Å²) in [7, 11) is 0. The first-order chi connectivity index (χ1) is 10.7. The maximum atomic E-state index is 11.7. The average molecular weight is 322 g/mol. The molecule has 3 aliphatic carbocycles. The summed E-state index contributed by atoms with van der Waals surface area (Å²) in [5.41, 5.74) is -0.737. The fraction of sp³-hybridized carbons (Fsp3) is 0.947.